The molecule has 8 nitrogen and oxygen atoms in total. The molecule has 0 bridgehead atoms. The summed E-state index contributed by atoms with van der Waals surface area (Å²) < 4.78 is 37.5. The van der Waals surface area contributed by atoms with E-state index >= 15 is 0 Å². The highest BCUT2D eigenvalue weighted by Crippen LogP contribution is 2.35. The number of carbonyl (C=O) groups excluding carboxylic acids is 1. The number of anilines is 1. The highest BCUT2D eigenvalue weighted by atomic mass is 35.5. The second-order valence-electron chi connectivity index (χ2n) is 7.09. The van der Waals surface area contributed by atoms with Crippen LogP contribution in [-0.4, -0.2) is 57.1 Å². The Morgan fingerprint density at radius 1 is 1.16 bits per heavy atom. The van der Waals surface area contributed by atoms with Gasteiger partial charge in [-0.3, -0.25) is 4.79 Å². The molecule has 0 aliphatic carbocycles. The summed E-state index contributed by atoms with van der Waals surface area (Å²) in [6, 6.07) is 8.49. The van der Waals surface area contributed by atoms with Crippen molar-refractivity contribution in [2.45, 2.75) is 24.2 Å². The number of piperidine rings is 1. The number of hydrogen-bond donors (Lipinski definition) is 2. The molecule has 2 N–H and O–H groups in total. The van der Waals surface area contributed by atoms with Gasteiger partial charge in [-0.25, -0.2) is 8.42 Å². The molecule has 0 radical (unpaired) electrons. The standard InChI is InChI=1S/C21H25ClN2O6S/c1-29-10-11-30-20-14-19(25)18(13-17(20)22)23-21(26)15-6-5-7-16(12-15)31(27,28)24-8-3-2-4-9-24/h5-7,12-14,25H,2-4,8-11H2,1H3,(H,23,26). The highest BCUT2D eigenvalue weighted by molar-refractivity contribution is 7.89. The van der Waals surface area contributed by atoms with E-state index < -0.39 is 15.9 Å². The van der Waals surface area contributed by atoms with Gasteiger partial charge in [-0.1, -0.05) is 24.1 Å². The van der Waals surface area contributed by atoms with Crippen molar-refractivity contribution in [3.05, 3.63) is 47.0 Å². The first-order chi connectivity index (χ1) is 14.8. The summed E-state index contributed by atoms with van der Waals surface area (Å²) in [5.41, 5.74) is 0.229. The van der Waals surface area contributed by atoms with Crippen LogP contribution in [0.4, 0.5) is 5.69 Å². The van der Waals surface area contributed by atoms with Crippen LogP contribution in [0.1, 0.15) is 29.6 Å². The van der Waals surface area contributed by atoms with Gasteiger partial charge >= 0.3 is 0 Å². The fourth-order valence-corrected chi connectivity index (χ4v) is 5.02. The number of nitrogens with one attached hydrogen (secondary N) is 1. The molecule has 168 valence electrons. The molecule has 0 unspecified atom stereocenters. The van der Waals surface area contributed by atoms with Crippen molar-refractivity contribution in [3.63, 3.8) is 0 Å². The Kier molecular flexibility index (Phi) is 7.77. The number of rotatable bonds is 8. The summed E-state index contributed by atoms with van der Waals surface area (Å²) >= 11 is 6.17. The molecule has 10 heteroatoms. The fourth-order valence-electron chi connectivity index (χ4n) is 3.23. The molecule has 0 spiro atoms. The summed E-state index contributed by atoms with van der Waals surface area (Å²) in [6.45, 7) is 1.56. The number of benzene rings is 2. The Morgan fingerprint density at radius 2 is 1.90 bits per heavy atom. The number of methoxy groups -OCH3 is 1. The van der Waals surface area contributed by atoms with Crippen LogP contribution < -0.4 is 10.1 Å². The largest absolute Gasteiger partial charge is 0.506 e. The van der Waals surface area contributed by atoms with E-state index in [1.54, 1.807) is 0 Å². The SMILES string of the molecule is COCCOc1cc(O)c(NC(=O)c2cccc(S(=O)(=O)N3CCCCC3)c2)cc1Cl. The quantitative estimate of drug-likeness (QED) is 0.453. The van der Waals surface area contributed by atoms with Gasteiger partial charge in [0.25, 0.3) is 5.91 Å². The van der Waals surface area contributed by atoms with Crippen LogP contribution >= 0.6 is 11.6 Å². The Bertz CT molecular complexity index is 1040. The van der Waals surface area contributed by atoms with Crippen LogP contribution in [0.15, 0.2) is 41.3 Å². The van der Waals surface area contributed by atoms with Gasteiger partial charge < -0.3 is 19.9 Å². The average Bonchev–Trinajstić information content (AvgIpc) is 2.77. The predicted molar refractivity (Wildman–Crippen MR) is 117 cm³/mol. The van der Waals surface area contributed by atoms with Gasteiger partial charge in [0.1, 0.15) is 18.1 Å². The van der Waals surface area contributed by atoms with E-state index in [2.05, 4.69) is 5.32 Å². The molecule has 31 heavy (non-hydrogen) atoms. The lowest BCUT2D eigenvalue weighted by atomic mass is 10.2. The number of sulfonamides is 1. The van der Waals surface area contributed by atoms with Gasteiger partial charge in [0, 0.05) is 31.8 Å². The van der Waals surface area contributed by atoms with Gasteiger partial charge in [0.15, 0.2) is 0 Å². The zero-order chi connectivity index (χ0) is 22.4. The van der Waals surface area contributed by atoms with Gasteiger partial charge in [0.05, 0.1) is 22.2 Å². The predicted octanol–water partition coefficient (Wildman–Crippen LogP) is 3.50. The van der Waals surface area contributed by atoms with Crippen molar-refractivity contribution < 1.29 is 27.8 Å². The molecule has 0 atom stereocenters. The number of hydrogen-bond acceptors (Lipinski definition) is 6. The number of aromatic hydroxyl groups is 1. The molecule has 1 fully saturated rings. The van der Waals surface area contributed by atoms with Crippen LogP contribution in [0.2, 0.25) is 5.02 Å². The van der Waals surface area contributed by atoms with E-state index in [1.807, 2.05) is 0 Å². The molecular formula is C21H25ClN2O6S. The molecule has 2 aromatic rings. The molecule has 1 saturated heterocycles. The maximum Gasteiger partial charge on any atom is 0.255 e. The minimum Gasteiger partial charge on any atom is -0.506 e. The van der Waals surface area contributed by atoms with Crippen molar-refractivity contribution in [2.75, 3.05) is 38.7 Å². The van der Waals surface area contributed by atoms with Crippen molar-refractivity contribution in [1.29, 1.82) is 0 Å². The number of nitrogens with zero attached hydrogens (tertiary/aromatic N) is 1. The van der Waals surface area contributed by atoms with E-state index in [1.165, 1.54) is 47.8 Å². The van der Waals surface area contributed by atoms with Crippen molar-refractivity contribution in [1.82, 2.24) is 4.31 Å². The average molecular weight is 469 g/mol. The van der Waals surface area contributed by atoms with Gasteiger partial charge in [-0.05, 0) is 37.1 Å². The fraction of sp³-hybridized carbons (Fsp3) is 0.381. The van der Waals surface area contributed by atoms with Crippen molar-refractivity contribution >= 4 is 33.2 Å². The summed E-state index contributed by atoms with van der Waals surface area (Å²) in [5, 5.41) is 13.0. The number of amides is 1. The molecule has 0 aromatic heterocycles. The molecule has 2 aromatic carbocycles. The molecule has 0 saturated carbocycles. The second kappa shape index (κ2) is 10.3. The topological polar surface area (TPSA) is 105 Å². The zero-order valence-electron chi connectivity index (χ0n) is 17.1. The van der Waals surface area contributed by atoms with Crippen LogP contribution in [0, 0.1) is 0 Å². The molecule has 1 aliphatic heterocycles. The van der Waals surface area contributed by atoms with E-state index in [0.29, 0.717) is 19.7 Å². The van der Waals surface area contributed by atoms with E-state index in [-0.39, 0.29) is 39.3 Å². The molecule has 1 heterocycles. The lowest BCUT2D eigenvalue weighted by Crippen LogP contribution is -2.35. The number of ether oxygens (including phenoxy) is 2. The first kappa shape index (κ1) is 23.3. The van der Waals surface area contributed by atoms with Crippen molar-refractivity contribution in [2.24, 2.45) is 0 Å². The van der Waals surface area contributed by atoms with Crippen LogP contribution in [-0.2, 0) is 14.8 Å². The first-order valence-electron chi connectivity index (χ1n) is 9.88. The minimum atomic E-state index is -3.67. The van der Waals surface area contributed by atoms with Gasteiger partial charge in [-0.2, -0.15) is 4.31 Å². The van der Waals surface area contributed by atoms with Crippen molar-refractivity contribution in [3.8, 4) is 11.5 Å². The number of halogens is 1. The van der Waals surface area contributed by atoms with Gasteiger partial charge in [0.2, 0.25) is 10.0 Å². The normalized spacial score (nSPS) is 14.9. The van der Waals surface area contributed by atoms with E-state index in [4.69, 9.17) is 21.1 Å². The lowest BCUT2D eigenvalue weighted by Gasteiger charge is -2.26. The maximum absolute atomic E-state index is 12.9. The maximum atomic E-state index is 12.9. The van der Waals surface area contributed by atoms with E-state index in [0.717, 1.165) is 19.3 Å². The Labute approximate surface area is 186 Å². The minimum absolute atomic E-state index is 0.0613. The monoisotopic (exact) mass is 468 g/mol. The van der Waals surface area contributed by atoms with Crippen LogP contribution in [0.5, 0.6) is 11.5 Å². The molecule has 1 aliphatic rings. The van der Waals surface area contributed by atoms with Crippen LogP contribution in [0.25, 0.3) is 0 Å². The molecular weight excluding hydrogens is 444 g/mol. The Balaban J connectivity index is 1.77. The van der Waals surface area contributed by atoms with E-state index in [9.17, 15) is 18.3 Å². The number of phenolic OH excluding ortho intramolecular Hbond substituents is 1. The summed E-state index contributed by atoms with van der Waals surface area (Å²) in [7, 11) is -2.13. The zero-order valence-corrected chi connectivity index (χ0v) is 18.7. The third-order valence-electron chi connectivity index (χ3n) is 4.89. The smallest absolute Gasteiger partial charge is 0.255 e. The third-order valence-corrected chi connectivity index (χ3v) is 7.08. The Morgan fingerprint density at radius 3 is 2.61 bits per heavy atom. The number of phenols is 1. The molecule has 1 amide bonds. The summed E-state index contributed by atoms with van der Waals surface area (Å²) in [4.78, 5) is 12.8. The number of carbonyl (C=O) groups is 1. The summed E-state index contributed by atoms with van der Waals surface area (Å²) in [6.07, 6.45) is 2.66. The van der Waals surface area contributed by atoms with Gasteiger partial charge in [-0.15, -0.1) is 0 Å². The summed E-state index contributed by atoms with van der Waals surface area (Å²) in [5.74, 6) is -0.554. The first-order valence-corrected chi connectivity index (χ1v) is 11.7. The second-order valence-corrected chi connectivity index (χ2v) is 9.43. The lowest BCUT2D eigenvalue weighted by molar-refractivity contribution is 0.102. The van der Waals surface area contributed by atoms with Crippen LogP contribution in [0.3, 0.4) is 0 Å². The third kappa shape index (κ3) is 5.68. The highest BCUT2D eigenvalue weighted by Gasteiger charge is 2.26. The Hall–Kier alpha value is -2.33. The molecule has 3 rings (SSSR count).